The van der Waals surface area contributed by atoms with Crippen LogP contribution in [0.3, 0.4) is 0 Å². The van der Waals surface area contributed by atoms with E-state index in [2.05, 4.69) is 4.74 Å². The van der Waals surface area contributed by atoms with Gasteiger partial charge in [0.25, 0.3) is 6.43 Å². The quantitative estimate of drug-likeness (QED) is 0.722. The molecule has 0 aliphatic carbocycles. The number of rotatable bonds is 4. The lowest BCUT2D eigenvalue weighted by molar-refractivity contribution is -0.274. The Labute approximate surface area is 123 Å². The van der Waals surface area contributed by atoms with Crippen molar-refractivity contribution in [2.75, 3.05) is 7.11 Å². The van der Waals surface area contributed by atoms with Crippen molar-refractivity contribution in [3.63, 3.8) is 0 Å². The second-order valence-corrected chi connectivity index (χ2v) is 4.34. The van der Waals surface area contributed by atoms with Gasteiger partial charge in [-0.3, -0.25) is 0 Å². The molecule has 7 heteroatoms. The summed E-state index contributed by atoms with van der Waals surface area (Å²) in [5.41, 5.74) is 0.516. The van der Waals surface area contributed by atoms with E-state index in [1.807, 2.05) is 0 Å². The van der Waals surface area contributed by atoms with E-state index in [-0.39, 0.29) is 11.3 Å². The number of alkyl halides is 5. The maximum absolute atomic E-state index is 12.7. The summed E-state index contributed by atoms with van der Waals surface area (Å²) in [4.78, 5) is 0. The zero-order valence-corrected chi connectivity index (χ0v) is 11.3. The molecule has 2 aromatic carbocycles. The first-order valence-corrected chi connectivity index (χ1v) is 6.12. The van der Waals surface area contributed by atoms with E-state index in [0.717, 1.165) is 18.2 Å². The summed E-state index contributed by atoms with van der Waals surface area (Å²) in [6, 6.07) is 8.93. The predicted molar refractivity (Wildman–Crippen MR) is 70.1 cm³/mol. The van der Waals surface area contributed by atoms with Gasteiger partial charge in [-0.05, 0) is 23.8 Å². The lowest BCUT2D eigenvalue weighted by Crippen LogP contribution is -2.17. The van der Waals surface area contributed by atoms with E-state index < -0.39 is 18.5 Å². The van der Waals surface area contributed by atoms with Crippen molar-refractivity contribution < 1.29 is 31.4 Å². The highest BCUT2D eigenvalue weighted by Gasteiger charge is 2.31. The van der Waals surface area contributed by atoms with Gasteiger partial charge < -0.3 is 9.47 Å². The molecule has 0 aliphatic rings. The fourth-order valence-electron chi connectivity index (χ4n) is 1.94. The Morgan fingerprint density at radius 1 is 1.00 bits per heavy atom. The number of halogens is 5. The summed E-state index contributed by atoms with van der Waals surface area (Å²) in [6.45, 7) is 0. The summed E-state index contributed by atoms with van der Waals surface area (Å²) in [5, 5.41) is 0. The second kappa shape index (κ2) is 6.21. The number of methoxy groups -OCH3 is 1. The number of hydrogen-bond acceptors (Lipinski definition) is 2. The Bertz CT molecular complexity index is 653. The molecule has 2 rings (SSSR count). The van der Waals surface area contributed by atoms with Crippen LogP contribution in [0.5, 0.6) is 11.5 Å². The van der Waals surface area contributed by atoms with Crippen molar-refractivity contribution in [1.82, 2.24) is 0 Å². The maximum atomic E-state index is 12.7. The summed E-state index contributed by atoms with van der Waals surface area (Å²) < 4.78 is 70.9. The van der Waals surface area contributed by atoms with Gasteiger partial charge in [0.1, 0.15) is 11.5 Å². The normalized spacial score (nSPS) is 11.6. The van der Waals surface area contributed by atoms with Crippen molar-refractivity contribution in [3.8, 4) is 22.6 Å². The van der Waals surface area contributed by atoms with E-state index in [1.54, 1.807) is 0 Å². The molecule has 0 saturated heterocycles. The van der Waals surface area contributed by atoms with Crippen LogP contribution in [0, 0.1) is 0 Å². The van der Waals surface area contributed by atoms with Crippen LogP contribution in [0.25, 0.3) is 11.1 Å². The second-order valence-electron chi connectivity index (χ2n) is 4.34. The van der Waals surface area contributed by atoms with Crippen molar-refractivity contribution in [2.24, 2.45) is 0 Å². The van der Waals surface area contributed by atoms with Crippen LogP contribution in [0.1, 0.15) is 12.0 Å². The highest BCUT2D eigenvalue weighted by Crippen LogP contribution is 2.35. The molecular formula is C15H11F5O2. The van der Waals surface area contributed by atoms with Crippen LogP contribution < -0.4 is 9.47 Å². The molecule has 0 saturated carbocycles. The van der Waals surface area contributed by atoms with Crippen molar-refractivity contribution >= 4 is 0 Å². The fourth-order valence-corrected chi connectivity index (χ4v) is 1.94. The lowest BCUT2D eigenvalue weighted by atomic mass is 10.0. The molecule has 0 heterocycles. The van der Waals surface area contributed by atoms with Gasteiger partial charge in [0.2, 0.25) is 0 Å². The van der Waals surface area contributed by atoms with Gasteiger partial charge in [0.05, 0.1) is 7.11 Å². The molecule has 0 radical (unpaired) electrons. The summed E-state index contributed by atoms with van der Waals surface area (Å²) in [7, 11) is 1.30. The molecule has 0 aliphatic heterocycles. The fraction of sp³-hybridized carbons (Fsp3) is 0.200. The molecule has 0 atom stereocenters. The molecule has 118 valence electrons. The standard InChI is InChI=1S/C15H11F5O2/c1-21-13-8-10(14(16)17)5-6-12(13)9-3-2-4-11(7-9)22-15(18,19)20/h2-8,14H,1H3. The van der Waals surface area contributed by atoms with E-state index in [1.165, 1.54) is 31.4 Å². The molecule has 2 aromatic rings. The molecule has 0 aromatic heterocycles. The van der Waals surface area contributed by atoms with Gasteiger partial charge in [0.15, 0.2) is 0 Å². The Balaban J connectivity index is 2.41. The van der Waals surface area contributed by atoms with E-state index in [9.17, 15) is 22.0 Å². The number of ether oxygens (including phenoxy) is 2. The van der Waals surface area contributed by atoms with Gasteiger partial charge in [-0.2, -0.15) is 0 Å². The molecule has 0 unspecified atom stereocenters. The van der Waals surface area contributed by atoms with Gasteiger partial charge in [-0.15, -0.1) is 13.2 Å². The maximum Gasteiger partial charge on any atom is 0.573 e. The molecule has 0 bridgehead atoms. The van der Waals surface area contributed by atoms with Gasteiger partial charge in [0, 0.05) is 11.1 Å². The van der Waals surface area contributed by atoms with Crippen LogP contribution in [-0.4, -0.2) is 13.5 Å². The molecule has 2 nitrogen and oxygen atoms in total. The van der Waals surface area contributed by atoms with Crippen LogP contribution in [0.15, 0.2) is 42.5 Å². The topological polar surface area (TPSA) is 18.5 Å². The first-order chi connectivity index (χ1) is 10.3. The van der Waals surface area contributed by atoms with Gasteiger partial charge >= 0.3 is 6.36 Å². The third kappa shape index (κ3) is 3.87. The highest BCUT2D eigenvalue weighted by molar-refractivity contribution is 5.72. The first-order valence-electron chi connectivity index (χ1n) is 6.12. The van der Waals surface area contributed by atoms with E-state index in [4.69, 9.17) is 4.74 Å². The minimum atomic E-state index is -4.80. The van der Waals surface area contributed by atoms with Crippen LogP contribution in [0.2, 0.25) is 0 Å². The third-order valence-electron chi connectivity index (χ3n) is 2.86. The summed E-state index contributed by atoms with van der Waals surface area (Å²) >= 11 is 0. The third-order valence-corrected chi connectivity index (χ3v) is 2.86. The highest BCUT2D eigenvalue weighted by atomic mass is 19.4. The zero-order valence-electron chi connectivity index (χ0n) is 11.3. The van der Waals surface area contributed by atoms with Crippen molar-refractivity contribution in [3.05, 3.63) is 48.0 Å². The van der Waals surface area contributed by atoms with Crippen LogP contribution >= 0.6 is 0 Å². The molecule has 0 fully saturated rings. The Morgan fingerprint density at radius 3 is 2.32 bits per heavy atom. The Morgan fingerprint density at radius 2 is 1.73 bits per heavy atom. The van der Waals surface area contributed by atoms with E-state index >= 15 is 0 Å². The van der Waals surface area contributed by atoms with Gasteiger partial charge in [-0.1, -0.05) is 24.3 Å². The first kappa shape index (κ1) is 16.1. The number of hydrogen-bond donors (Lipinski definition) is 0. The smallest absolute Gasteiger partial charge is 0.496 e. The number of benzene rings is 2. The largest absolute Gasteiger partial charge is 0.573 e. The minimum absolute atomic E-state index is 0.141. The molecular weight excluding hydrogens is 307 g/mol. The van der Waals surface area contributed by atoms with E-state index in [0.29, 0.717) is 11.1 Å². The molecule has 22 heavy (non-hydrogen) atoms. The molecule has 0 N–H and O–H groups in total. The average Bonchev–Trinajstić information content (AvgIpc) is 2.45. The average molecular weight is 318 g/mol. The minimum Gasteiger partial charge on any atom is -0.496 e. The van der Waals surface area contributed by atoms with Crippen molar-refractivity contribution in [2.45, 2.75) is 12.8 Å². The molecule has 0 amide bonds. The lowest BCUT2D eigenvalue weighted by Gasteiger charge is -2.13. The van der Waals surface area contributed by atoms with Gasteiger partial charge in [-0.25, -0.2) is 8.78 Å². The Kier molecular flexibility index (Phi) is 4.54. The van der Waals surface area contributed by atoms with Crippen LogP contribution in [-0.2, 0) is 0 Å². The van der Waals surface area contributed by atoms with Crippen molar-refractivity contribution in [1.29, 1.82) is 0 Å². The molecule has 0 spiro atoms. The zero-order chi connectivity index (χ0) is 16.3. The van der Waals surface area contributed by atoms with Crippen LogP contribution in [0.4, 0.5) is 22.0 Å². The SMILES string of the molecule is COc1cc(C(F)F)ccc1-c1cccc(OC(F)(F)F)c1. The monoisotopic (exact) mass is 318 g/mol. The predicted octanol–water partition coefficient (Wildman–Crippen LogP) is 5.20. The Hall–Kier alpha value is -2.31. The summed E-state index contributed by atoms with van der Waals surface area (Å²) in [5.74, 6) is -0.257. The summed E-state index contributed by atoms with van der Waals surface area (Å²) in [6.07, 6.45) is -7.47.